The minimum absolute atomic E-state index is 0.232. The highest BCUT2D eigenvalue weighted by atomic mass is 16.3. The summed E-state index contributed by atoms with van der Waals surface area (Å²) in [7, 11) is 0. The van der Waals surface area contributed by atoms with Crippen molar-refractivity contribution in [3.63, 3.8) is 0 Å². The lowest BCUT2D eigenvalue weighted by Crippen LogP contribution is -2.48. The molecule has 3 nitrogen and oxygen atoms in total. The van der Waals surface area contributed by atoms with E-state index in [-0.39, 0.29) is 10.8 Å². The molecule has 2 heterocycles. The molecule has 5 rings (SSSR count). The molecule has 3 aromatic carbocycles. The number of hydrogen-bond acceptors (Lipinski definition) is 3. The average molecular weight is 463 g/mol. The molecule has 0 radical (unpaired) electrons. The van der Waals surface area contributed by atoms with Crippen LogP contribution in [0, 0.1) is 0 Å². The monoisotopic (exact) mass is 462 g/mol. The molecule has 2 N–H and O–H groups in total. The second kappa shape index (κ2) is 10.6. The molecule has 35 heavy (non-hydrogen) atoms. The van der Waals surface area contributed by atoms with Crippen LogP contribution < -0.4 is 5.32 Å². The molecule has 3 heteroatoms. The van der Waals surface area contributed by atoms with Crippen molar-refractivity contribution in [1.82, 2.24) is 10.3 Å². The van der Waals surface area contributed by atoms with E-state index in [0.717, 1.165) is 32.4 Å². The van der Waals surface area contributed by atoms with Crippen LogP contribution in [0.4, 0.5) is 0 Å². The van der Waals surface area contributed by atoms with Crippen LogP contribution >= 0.6 is 0 Å². The predicted octanol–water partition coefficient (Wildman–Crippen LogP) is 5.88. The second-order valence-electron chi connectivity index (χ2n) is 9.70. The smallest absolute Gasteiger partial charge is 0.0638 e. The van der Waals surface area contributed by atoms with E-state index in [2.05, 4.69) is 113 Å². The van der Waals surface area contributed by atoms with Gasteiger partial charge in [-0.15, -0.1) is 0 Å². The Morgan fingerprint density at radius 2 is 1.20 bits per heavy atom. The number of nitrogens with zero attached hydrogens (tertiary/aromatic N) is 1. The van der Waals surface area contributed by atoms with Crippen molar-refractivity contribution in [2.75, 3.05) is 13.1 Å². The maximum absolute atomic E-state index is 11.9. The first-order chi connectivity index (χ1) is 17.3. The van der Waals surface area contributed by atoms with Crippen LogP contribution in [0.1, 0.15) is 47.9 Å². The molecule has 0 spiro atoms. The maximum atomic E-state index is 11.9. The standard InChI is InChI=1S/C32H34N2O/c35-30(31(20-24-34-25-21-31)26-10-4-1-5-11-26)16-19-32(27-12-6-2-7-13-27,28-14-8-3-9-15-28)29-17-22-33-23-18-29/h1-15,17-18,22-23,30,34-35H,16,19-21,24-25H2. The van der Waals surface area contributed by atoms with Crippen LogP contribution in [0.3, 0.4) is 0 Å². The van der Waals surface area contributed by atoms with E-state index < -0.39 is 6.10 Å². The molecule has 1 fully saturated rings. The number of aliphatic hydroxyl groups excluding tert-OH is 1. The van der Waals surface area contributed by atoms with Gasteiger partial charge in [0.2, 0.25) is 0 Å². The first-order valence-corrected chi connectivity index (χ1v) is 12.7. The largest absolute Gasteiger partial charge is 0.392 e. The van der Waals surface area contributed by atoms with Crippen LogP contribution in [-0.4, -0.2) is 29.3 Å². The Hall–Kier alpha value is -3.27. The Labute approximate surface area is 208 Å². The lowest BCUT2D eigenvalue weighted by atomic mass is 9.63. The molecular weight excluding hydrogens is 428 g/mol. The predicted molar refractivity (Wildman–Crippen MR) is 142 cm³/mol. The summed E-state index contributed by atoms with van der Waals surface area (Å²) in [5.41, 5.74) is 4.33. The number of pyridine rings is 1. The number of nitrogens with one attached hydrogen (secondary N) is 1. The van der Waals surface area contributed by atoms with E-state index in [9.17, 15) is 5.11 Å². The summed E-state index contributed by atoms with van der Waals surface area (Å²) in [4.78, 5) is 4.31. The zero-order valence-electron chi connectivity index (χ0n) is 20.2. The summed E-state index contributed by atoms with van der Waals surface area (Å²) in [5, 5.41) is 15.4. The molecule has 1 aromatic heterocycles. The zero-order chi connectivity index (χ0) is 24.0. The topological polar surface area (TPSA) is 45.2 Å². The highest BCUT2D eigenvalue weighted by Gasteiger charge is 2.43. The number of aromatic nitrogens is 1. The van der Waals surface area contributed by atoms with E-state index in [4.69, 9.17) is 0 Å². The summed E-state index contributed by atoms with van der Waals surface area (Å²) < 4.78 is 0. The third-order valence-corrected chi connectivity index (χ3v) is 7.98. The van der Waals surface area contributed by atoms with Crippen LogP contribution in [0.2, 0.25) is 0 Å². The van der Waals surface area contributed by atoms with Gasteiger partial charge >= 0.3 is 0 Å². The van der Waals surface area contributed by atoms with E-state index in [1.807, 2.05) is 12.4 Å². The van der Waals surface area contributed by atoms with Gasteiger partial charge < -0.3 is 10.4 Å². The Morgan fingerprint density at radius 1 is 0.714 bits per heavy atom. The number of piperidine rings is 1. The van der Waals surface area contributed by atoms with E-state index in [1.165, 1.54) is 22.3 Å². The van der Waals surface area contributed by atoms with Crippen molar-refractivity contribution in [2.24, 2.45) is 0 Å². The summed E-state index contributed by atoms with van der Waals surface area (Å²) in [6.45, 7) is 1.86. The third-order valence-electron chi connectivity index (χ3n) is 7.98. The van der Waals surface area contributed by atoms with Crippen molar-refractivity contribution >= 4 is 0 Å². The van der Waals surface area contributed by atoms with Gasteiger partial charge in [0.15, 0.2) is 0 Å². The van der Waals surface area contributed by atoms with Gasteiger partial charge in [0, 0.05) is 23.2 Å². The normalized spacial score (nSPS) is 16.5. The Bertz CT molecular complexity index is 1080. The summed E-state index contributed by atoms with van der Waals surface area (Å²) in [5.74, 6) is 0. The number of benzene rings is 3. The maximum Gasteiger partial charge on any atom is 0.0638 e. The first kappa shape index (κ1) is 23.5. The molecule has 0 aliphatic carbocycles. The average Bonchev–Trinajstić information content (AvgIpc) is 2.96. The number of aliphatic hydroxyl groups is 1. The van der Waals surface area contributed by atoms with Crippen LogP contribution in [0.15, 0.2) is 116 Å². The van der Waals surface area contributed by atoms with Gasteiger partial charge in [0.1, 0.15) is 0 Å². The Kier molecular flexibility index (Phi) is 7.08. The molecule has 0 bridgehead atoms. The Morgan fingerprint density at radius 3 is 1.74 bits per heavy atom. The highest BCUT2D eigenvalue weighted by Crippen LogP contribution is 2.46. The van der Waals surface area contributed by atoms with Crippen molar-refractivity contribution in [1.29, 1.82) is 0 Å². The van der Waals surface area contributed by atoms with E-state index in [1.54, 1.807) is 0 Å². The lowest BCUT2D eigenvalue weighted by Gasteiger charge is -2.44. The van der Waals surface area contributed by atoms with Gasteiger partial charge in [0.05, 0.1) is 6.10 Å². The summed E-state index contributed by atoms with van der Waals surface area (Å²) in [6, 6.07) is 36.4. The minimum Gasteiger partial charge on any atom is -0.392 e. The Balaban J connectivity index is 1.58. The molecule has 1 atom stereocenters. The van der Waals surface area contributed by atoms with Crippen LogP contribution in [0.25, 0.3) is 0 Å². The highest BCUT2D eigenvalue weighted by molar-refractivity contribution is 5.50. The quantitative estimate of drug-likeness (QED) is 0.344. The van der Waals surface area contributed by atoms with Gasteiger partial charge in [0.25, 0.3) is 0 Å². The molecule has 1 aliphatic rings. The molecule has 1 aliphatic heterocycles. The molecule has 178 valence electrons. The van der Waals surface area contributed by atoms with Gasteiger partial charge in [-0.2, -0.15) is 0 Å². The van der Waals surface area contributed by atoms with Crippen LogP contribution in [-0.2, 0) is 10.8 Å². The van der Waals surface area contributed by atoms with Crippen LogP contribution in [0.5, 0.6) is 0 Å². The third kappa shape index (κ3) is 4.54. The van der Waals surface area contributed by atoms with E-state index >= 15 is 0 Å². The number of rotatable bonds is 8. The fourth-order valence-electron chi connectivity index (χ4n) is 6.10. The van der Waals surface area contributed by atoms with Gasteiger partial charge in [-0.1, -0.05) is 91.0 Å². The number of hydrogen-bond donors (Lipinski definition) is 2. The second-order valence-corrected chi connectivity index (χ2v) is 9.70. The first-order valence-electron chi connectivity index (χ1n) is 12.7. The fraction of sp³-hybridized carbons (Fsp3) is 0.281. The molecule has 4 aromatic rings. The zero-order valence-corrected chi connectivity index (χ0v) is 20.2. The molecule has 0 saturated carbocycles. The van der Waals surface area contributed by atoms with Gasteiger partial charge in [-0.25, -0.2) is 0 Å². The lowest BCUT2D eigenvalue weighted by molar-refractivity contribution is 0.0467. The van der Waals surface area contributed by atoms with Gasteiger partial charge in [-0.05, 0) is 73.2 Å². The van der Waals surface area contributed by atoms with Gasteiger partial charge in [-0.3, -0.25) is 4.98 Å². The summed E-state index contributed by atoms with van der Waals surface area (Å²) in [6.07, 6.45) is 6.69. The van der Waals surface area contributed by atoms with Crippen molar-refractivity contribution < 1.29 is 5.11 Å². The van der Waals surface area contributed by atoms with Crippen molar-refractivity contribution in [2.45, 2.75) is 42.6 Å². The molecular formula is C32H34N2O. The molecule has 1 unspecified atom stereocenters. The van der Waals surface area contributed by atoms with E-state index in [0.29, 0.717) is 6.42 Å². The fourth-order valence-corrected chi connectivity index (χ4v) is 6.10. The molecule has 0 amide bonds. The van der Waals surface area contributed by atoms with Crippen molar-refractivity contribution in [3.8, 4) is 0 Å². The van der Waals surface area contributed by atoms with Crippen molar-refractivity contribution in [3.05, 3.63) is 138 Å². The SMILES string of the molecule is OC(CCC(c1ccccc1)(c1ccccc1)c1ccncc1)C1(c2ccccc2)CCNCC1. The summed E-state index contributed by atoms with van der Waals surface area (Å²) >= 11 is 0. The molecule has 1 saturated heterocycles. The minimum atomic E-state index is -0.444.